The third-order valence-corrected chi connectivity index (χ3v) is 4.49. The van der Waals surface area contributed by atoms with Gasteiger partial charge in [0.05, 0.1) is 18.4 Å². The van der Waals surface area contributed by atoms with Gasteiger partial charge in [0.1, 0.15) is 5.75 Å². The minimum Gasteiger partial charge on any atom is -0.497 e. The second-order valence-electron chi connectivity index (χ2n) is 6.32. The van der Waals surface area contributed by atoms with E-state index in [4.69, 9.17) is 4.74 Å². The second-order valence-corrected chi connectivity index (χ2v) is 6.32. The summed E-state index contributed by atoms with van der Waals surface area (Å²) in [5.74, 6) is 1.28. The van der Waals surface area contributed by atoms with E-state index in [0.29, 0.717) is 18.0 Å². The number of rotatable bonds is 6. The summed E-state index contributed by atoms with van der Waals surface area (Å²) in [6, 6.07) is 15.2. The molecule has 1 unspecified atom stereocenters. The van der Waals surface area contributed by atoms with Gasteiger partial charge in [-0.15, -0.1) is 0 Å². The third kappa shape index (κ3) is 4.73. The van der Waals surface area contributed by atoms with Crippen molar-refractivity contribution in [1.29, 1.82) is 0 Å². The van der Waals surface area contributed by atoms with Crippen LogP contribution in [0.5, 0.6) is 5.75 Å². The van der Waals surface area contributed by atoms with Crippen LogP contribution < -0.4 is 20.7 Å². The van der Waals surface area contributed by atoms with Gasteiger partial charge < -0.3 is 20.7 Å². The smallest absolute Gasteiger partial charge is 0.253 e. The van der Waals surface area contributed by atoms with Crippen molar-refractivity contribution in [2.75, 3.05) is 32.1 Å². The van der Waals surface area contributed by atoms with Crippen LogP contribution in [0.4, 0.5) is 11.4 Å². The lowest BCUT2D eigenvalue weighted by atomic mass is 9.99. The van der Waals surface area contributed by atoms with Gasteiger partial charge in [0.2, 0.25) is 0 Å². The molecule has 1 atom stereocenters. The summed E-state index contributed by atoms with van der Waals surface area (Å²) in [5, 5.41) is 9.77. The summed E-state index contributed by atoms with van der Waals surface area (Å²) < 4.78 is 5.17. The van der Waals surface area contributed by atoms with E-state index in [-0.39, 0.29) is 5.91 Å². The van der Waals surface area contributed by atoms with Crippen LogP contribution in [0.2, 0.25) is 0 Å². The van der Waals surface area contributed by atoms with Gasteiger partial charge in [-0.2, -0.15) is 0 Å². The van der Waals surface area contributed by atoms with Gasteiger partial charge in [-0.25, -0.2) is 0 Å². The Bertz CT molecular complexity index is 694. The Labute approximate surface area is 148 Å². The van der Waals surface area contributed by atoms with Crippen molar-refractivity contribution in [3.8, 4) is 5.75 Å². The number of piperidine rings is 1. The van der Waals surface area contributed by atoms with Crippen LogP contribution in [-0.4, -0.2) is 32.7 Å². The Hall–Kier alpha value is -2.53. The Morgan fingerprint density at radius 1 is 1.20 bits per heavy atom. The molecule has 5 heteroatoms. The average Bonchev–Trinajstić information content (AvgIpc) is 2.68. The number of nitrogens with one attached hydrogen (secondary N) is 3. The van der Waals surface area contributed by atoms with Crippen LogP contribution in [0, 0.1) is 5.92 Å². The molecule has 2 aromatic carbocycles. The maximum atomic E-state index is 12.6. The van der Waals surface area contributed by atoms with Gasteiger partial charge in [-0.1, -0.05) is 12.1 Å². The number of carbonyl (C=O) groups is 1. The highest BCUT2D eigenvalue weighted by molar-refractivity contribution is 6.00. The first-order chi connectivity index (χ1) is 12.3. The largest absolute Gasteiger partial charge is 0.497 e. The van der Waals surface area contributed by atoms with Crippen molar-refractivity contribution in [2.45, 2.75) is 12.8 Å². The number of anilines is 2. The predicted octanol–water partition coefficient (Wildman–Crippen LogP) is 3.17. The molecule has 5 nitrogen and oxygen atoms in total. The second kappa shape index (κ2) is 8.53. The SMILES string of the molecule is COc1ccc(Nc2ccccc2C(=O)NCC2CCCNC2)cc1. The molecule has 0 saturated carbocycles. The van der Waals surface area contributed by atoms with Crippen molar-refractivity contribution < 1.29 is 9.53 Å². The van der Waals surface area contributed by atoms with Gasteiger partial charge in [-0.3, -0.25) is 4.79 Å². The fourth-order valence-corrected chi connectivity index (χ4v) is 3.05. The number of amides is 1. The first-order valence-electron chi connectivity index (χ1n) is 8.75. The maximum Gasteiger partial charge on any atom is 0.253 e. The Kier molecular flexibility index (Phi) is 5.90. The molecular formula is C20H25N3O2. The van der Waals surface area contributed by atoms with Crippen LogP contribution in [0.25, 0.3) is 0 Å². The molecule has 132 valence electrons. The monoisotopic (exact) mass is 339 g/mol. The average molecular weight is 339 g/mol. The Balaban J connectivity index is 1.65. The van der Waals surface area contributed by atoms with E-state index in [1.807, 2.05) is 48.5 Å². The molecule has 1 fully saturated rings. The predicted molar refractivity (Wildman–Crippen MR) is 101 cm³/mol. The molecule has 0 spiro atoms. The molecule has 1 heterocycles. The fraction of sp³-hybridized carbons (Fsp3) is 0.350. The molecule has 1 amide bonds. The van der Waals surface area contributed by atoms with Gasteiger partial charge >= 0.3 is 0 Å². The molecule has 0 aliphatic carbocycles. The normalized spacial score (nSPS) is 16.9. The van der Waals surface area contributed by atoms with E-state index in [9.17, 15) is 4.79 Å². The highest BCUT2D eigenvalue weighted by atomic mass is 16.5. The number of methoxy groups -OCH3 is 1. The van der Waals surface area contributed by atoms with E-state index in [2.05, 4.69) is 16.0 Å². The first-order valence-corrected chi connectivity index (χ1v) is 8.75. The number of ether oxygens (including phenoxy) is 1. The zero-order valence-corrected chi connectivity index (χ0v) is 14.5. The van der Waals surface area contributed by atoms with E-state index >= 15 is 0 Å². The minimum atomic E-state index is -0.0396. The summed E-state index contributed by atoms with van der Waals surface area (Å²) in [6.45, 7) is 2.77. The Morgan fingerprint density at radius 2 is 2.00 bits per heavy atom. The molecule has 1 aliphatic rings. The van der Waals surface area contributed by atoms with Gasteiger partial charge in [0.15, 0.2) is 0 Å². The van der Waals surface area contributed by atoms with Crippen LogP contribution in [0.3, 0.4) is 0 Å². The van der Waals surface area contributed by atoms with Crippen molar-refractivity contribution in [3.63, 3.8) is 0 Å². The summed E-state index contributed by atoms with van der Waals surface area (Å²) in [6.07, 6.45) is 2.34. The van der Waals surface area contributed by atoms with Crippen molar-refractivity contribution >= 4 is 17.3 Å². The molecule has 0 aromatic heterocycles. The maximum absolute atomic E-state index is 12.6. The molecule has 1 aliphatic heterocycles. The zero-order chi connectivity index (χ0) is 17.5. The van der Waals surface area contributed by atoms with Gasteiger partial charge in [0.25, 0.3) is 5.91 Å². The van der Waals surface area contributed by atoms with Crippen LogP contribution in [-0.2, 0) is 0 Å². The molecule has 2 aromatic rings. The lowest BCUT2D eigenvalue weighted by Crippen LogP contribution is -2.38. The van der Waals surface area contributed by atoms with Crippen molar-refractivity contribution in [2.24, 2.45) is 5.92 Å². The third-order valence-electron chi connectivity index (χ3n) is 4.49. The fourth-order valence-electron chi connectivity index (χ4n) is 3.05. The summed E-state index contributed by atoms with van der Waals surface area (Å²) in [4.78, 5) is 12.6. The lowest BCUT2D eigenvalue weighted by Gasteiger charge is -2.23. The van der Waals surface area contributed by atoms with Crippen molar-refractivity contribution in [1.82, 2.24) is 10.6 Å². The lowest BCUT2D eigenvalue weighted by molar-refractivity contribution is 0.0945. The topological polar surface area (TPSA) is 62.4 Å². The Morgan fingerprint density at radius 3 is 2.72 bits per heavy atom. The van der Waals surface area contributed by atoms with Gasteiger partial charge in [0, 0.05) is 12.2 Å². The number of para-hydroxylation sites is 1. The number of carbonyl (C=O) groups excluding carboxylic acids is 1. The van der Waals surface area contributed by atoms with E-state index in [1.165, 1.54) is 12.8 Å². The standard InChI is InChI=1S/C20H25N3O2/c1-25-17-10-8-16(9-11-17)23-19-7-3-2-6-18(19)20(24)22-14-15-5-4-12-21-13-15/h2-3,6-11,15,21,23H,4-5,12-14H2,1H3,(H,22,24). The van der Waals surface area contributed by atoms with Crippen LogP contribution in [0.15, 0.2) is 48.5 Å². The zero-order valence-electron chi connectivity index (χ0n) is 14.5. The molecule has 0 bridgehead atoms. The summed E-state index contributed by atoms with van der Waals surface area (Å²) in [5.41, 5.74) is 2.37. The molecule has 1 saturated heterocycles. The molecule has 0 radical (unpaired) electrons. The number of hydrogen-bond donors (Lipinski definition) is 3. The van der Waals surface area contributed by atoms with Crippen LogP contribution >= 0.6 is 0 Å². The highest BCUT2D eigenvalue weighted by Gasteiger charge is 2.16. The molecule has 3 N–H and O–H groups in total. The summed E-state index contributed by atoms with van der Waals surface area (Å²) in [7, 11) is 1.64. The van der Waals surface area contributed by atoms with E-state index in [0.717, 1.165) is 30.2 Å². The quantitative estimate of drug-likeness (QED) is 0.756. The first kappa shape index (κ1) is 17.3. The van der Waals surface area contributed by atoms with E-state index in [1.54, 1.807) is 7.11 Å². The number of hydrogen-bond acceptors (Lipinski definition) is 4. The van der Waals surface area contributed by atoms with Gasteiger partial charge in [-0.05, 0) is 68.2 Å². The number of benzene rings is 2. The summed E-state index contributed by atoms with van der Waals surface area (Å²) >= 11 is 0. The molecule has 25 heavy (non-hydrogen) atoms. The minimum absolute atomic E-state index is 0.0396. The molecule has 3 rings (SSSR count). The van der Waals surface area contributed by atoms with Crippen molar-refractivity contribution in [3.05, 3.63) is 54.1 Å². The highest BCUT2D eigenvalue weighted by Crippen LogP contribution is 2.23. The van der Waals surface area contributed by atoms with E-state index < -0.39 is 0 Å². The molecular weight excluding hydrogens is 314 g/mol. The van der Waals surface area contributed by atoms with Crippen LogP contribution in [0.1, 0.15) is 23.2 Å².